The number of benzene rings is 2. The number of rotatable bonds is 4. The van der Waals surface area contributed by atoms with Gasteiger partial charge in [-0.15, -0.1) is 0 Å². The quantitative estimate of drug-likeness (QED) is 0.787. The lowest BCUT2D eigenvalue weighted by molar-refractivity contribution is 0.0487. The zero-order valence-corrected chi connectivity index (χ0v) is 15.0. The van der Waals surface area contributed by atoms with Crippen LogP contribution < -0.4 is 11.1 Å². The normalized spacial score (nSPS) is 16.5. The summed E-state index contributed by atoms with van der Waals surface area (Å²) < 4.78 is 6.59. The number of amides is 1. The van der Waals surface area contributed by atoms with E-state index in [1.807, 2.05) is 12.1 Å². The molecule has 126 valence electrons. The monoisotopic (exact) mass is 388 g/mol. The van der Waals surface area contributed by atoms with E-state index in [0.717, 1.165) is 17.3 Å². The molecule has 4 nitrogen and oxygen atoms in total. The van der Waals surface area contributed by atoms with E-state index >= 15 is 0 Å². The number of hydrogen-bond acceptors (Lipinski definition) is 3. The summed E-state index contributed by atoms with van der Waals surface area (Å²) in [4.78, 5) is 12.5. The average Bonchev–Trinajstić information content (AvgIpc) is 2.61. The van der Waals surface area contributed by atoms with Crippen molar-refractivity contribution in [3.63, 3.8) is 0 Å². The molecule has 0 unspecified atom stereocenters. The van der Waals surface area contributed by atoms with Crippen LogP contribution >= 0.6 is 15.9 Å². The van der Waals surface area contributed by atoms with Crippen LogP contribution in [0, 0.1) is 0 Å². The van der Waals surface area contributed by atoms with E-state index in [9.17, 15) is 4.79 Å². The van der Waals surface area contributed by atoms with Gasteiger partial charge >= 0.3 is 0 Å². The third-order valence-electron chi connectivity index (χ3n) is 4.64. The summed E-state index contributed by atoms with van der Waals surface area (Å²) in [6.45, 7) is 2.01. The summed E-state index contributed by atoms with van der Waals surface area (Å²) in [5, 5.41) is 3.09. The van der Waals surface area contributed by atoms with E-state index < -0.39 is 0 Å². The lowest BCUT2D eigenvalue weighted by Gasteiger charge is -2.38. The molecule has 1 aliphatic rings. The second kappa shape index (κ2) is 7.36. The molecule has 1 aliphatic heterocycles. The first kappa shape index (κ1) is 17.0. The van der Waals surface area contributed by atoms with Gasteiger partial charge < -0.3 is 15.8 Å². The van der Waals surface area contributed by atoms with Crippen LogP contribution in [0.25, 0.3) is 0 Å². The zero-order valence-electron chi connectivity index (χ0n) is 13.4. The van der Waals surface area contributed by atoms with Gasteiger partial charge in [0.1, 0.15) is 0 Å². The van der Waals surface area contributed by atoms with Crippen molar-refractivity contribution in [2.75, 3.05) is 25.5 Å². The van der Waals surface area contributed by atoms with Gasteiger partial charge in [0.2, 0.25) is 0 Å². The molecule has 1 amide bonds. The summed E-state index contributed by atoms with van der Waals surface area (Å²) in [7, 11) is 0. The Balaban J connectivity index is 1.77. The molecule has 24 heavy (non-hydrogen) atoms. The van der Waals surface area contributed by atoms with Gasteiger partial charge in [-0.3, -0.25) is 4.79 Å². The number of carbonyl (C=O) groups is 1. The Kier molecular flexibility index (Phi) is 5.21. The van der Waals surface area contributed by atoms with E-state index in [1.165, 1.54) is 5.56 Å². The second-order valence-corrected chi connectivity index (χ2v) is 7.12. The predicted octanol–water partition coefficient (Wildman–Crippen LogP) is 3.51. The van der Waals surface area contributed by atoms with Crippen molar-refractivity contribution in [3.8, 4) is 0 Å². The molecular formula is C19H21BrN2O2. The van der Waals surface area contributed by atoms with Crippen LogP contribution in [0.3, 0.4) is 0 Å². The number of halogens is 1. The highest BCUT2D eigenvalue weighted by Crippen LogP contribution is 2.35. The zero-order chi connectivity index (χ0) is 17.0. The fourth-order valence-corrected chi connectivity index (χ4v) is 3.43. The smallest absolute Gasteiger partial charge is 0.251 e. The van der Waals surface area contributed by atoms with Gasteiger partial charge in [0.25, 0.3) is 5.91 Å². The number of nitrogen functional groups attached to an aromatic ring is 1. The van der Waals surface area contributed by atoms with Crippen LogP contribution in [0.4, 0.5) is 5.69 Å². The van der Waals surface area contributed by atoms with Crippen molar-refractivity contribution in [2.45, 2.75) is 18.3 Å². The van der Waals surface area contributed by atoms with Crippen molar-refractivity contribution < 1.29 is 9.53 Å². The van der Waals surface area contributed by atoms with E-state index in [0.29, 0.717) is 31.0 Å². The Hall–Kier alpha value is -1.85. The molecule has 0 atom stereocenters. The molecule has 0 aliphatic carbocycles. The summed E-state index contributed by atoms with van der Waals surface area (Å²) in [6, 6.07) is 15.4. The number of hydrogen-bond donors (Lipinski definition) is 2. The third-order valence-corrected chi connectivity index (χ3v) is 5.17. The fraction of sp³-hybridized carbons (Fsp3) is 0.316. The highest BCUT2D eigenvalue weighted by molar-refractivity contribution is 9.10. The highest BCUT2D eigenvalue weighted by atomic mass is 79.9. The number of nitrogens with two attached hydrogens (primary N) is 1. The number of anilines is 1. The lowest BCUT2D eigenvalue weighted by atomic mass is 9.74. The number of carbonyl (C=O) groups excluding carboxylic acids is 1. The Morgan fingerprint density at radius 3 is 2.54 bits per heavy atom. The van der Waals surface area contributed by atoms with Gasteiger partial charge in [-0.25, -0.2) is 0 Å². The molecule has 1 fully saturated rings. The van der Waals surface area contributed by atoms with E-state index in [4.69, 9.17) is 10.5 Å². The molecule has 0 bridgehead atoms. The Morgan fingerprint density at radius 1 is 1.17 bits per heavy atom. The molecule has 0 spiro atoms. The van der Waals surface area contributed by atoms with Crippen molar-refractivity contribution in [3.05, 3.63) is 64.1 Å². The average molecular weight is 389 g/mol. The maximum atomic E-state index is 12.5. The first-order valence-electron chi connectivity index (χ1n) is 8.07. The third kappa shape index (κ3) is 3.79. The van der Waals surface area contributed by atoms with Crippen molar-refractivity contribution in [1.29, 1.82) is 0 Å². The second-order valence-electron chi connectivity index (χ2n) is 6.21. The molecule has 3 N–H and O–H groups in total. The van der Waals surface area contributed by atoms with Gasteiger partial charge in [-0.1, -0.05) is 34.1 Å². The summed E-state index contributed by atoms with van der Waals surface area (Å²) in [6.07, 6.45) is 1.79. The highest BCUT2D eigenvalue weighted by Gasteiger charge is 2.34. The van der Waals surface area contributed by atoms with Crippen molar-refractivity contribution >= 4 is 27.5 Å². The van der Waals surface area contributed by atoms with Crippen molar-refractivity contribution in [2.24, 2.45) is 0 Å². The topological polar surface area (TPSA) is 64.4 Å². The minimum absolute atomic E-state index is 0.0884. The Morgan fingerprint density at radius 2 is 1.88 bits per heavy atom. The molecule has 0 saturated carbocycles. The molecule has 2 aromatic rings. The maximum Gasteiger partial charge on any atom is 0.251 e. The molecule has 5 heteroatoms. The fourth-order valence-electron chi connectivity index (χ4n) is 3.16. The molecular weight excluding hydrogens is 368 g/mol. The van der Waals surface area contributed by atoms with E-state index in [2.05, 4.69) is 33.4 Å². The number of ether oxygens (including phenoxy) is 1. The predicted molar refractivity (Wildman–Crippen MR) is 99.1 cm³/mol. The van der Waals surface area contributed by atoms with Gasteiger partial charge in [0.05, 0.1) is 0 Å². The van der Waals surface area contributed by atoms with E-state index in [1.54, 1.807) is 24.3 Å². The van der Waals surface area contributed by atoms with Crippen LogP contribution in [0.5, 0.6) is 0 Å². The summed E-state index contributed by atoms with van der Waals surface area (Å²) >= 11 is 3.48. The van der Waals surface area contributed by atoms with Crippen LogP contribution in [0.15, 0.2) is 53.0 Å². The largest absolute Gasteiger partial charge is 0.399 e. The number of nitrogens with one attached hydrogen (secondary N) is 1. The Bertz CT molecular complexity index is 710. The van der Waals surface area contributed by atoms with Crippen LogP contribution in [-0.2, 0) is 10.2 Å². The van der Waals surface area contributed by atoms with Gasteiger partial charge in [0.15, 0.2) is 0 Å². The molecule has 0 radical (unpaired) electrons. The maximum absolute atomic E-state index is 12.5. The van der Waals surface area contributed by atoms with Gasteiger partial charge in [0, 0.05) is 40.9 Å². The SMILES string of the molecule is Nc1cccc(C(=O)NCC2(c3ccc(Br)cc3)CCOCC2)c1. The van der Waals surface area contributed by atoms with Crippen LogP contribution in [0.2, 0.25) is 0 Å². The Labute approximate surface area is 150 Å². The first-order valence-corrected chi connectivity index (χ1v) is 8.86. The van der Waals surface area contributed by atoms with Crippen molar-refractivity contribution in [1.82, 2.24) is 5.32 Å². The van der Waals surface area contributed by atoms with E-state index in [-0.39, 0.29) is 11.3 Å². The minimum atomic E-state index is -0.0923. The molecule has 1 heterocycles. The summed E-state index contributed by atoms with van der Waals surface area (Å²) in [5.74, 6) is -0.0923. The van der Waals surface area contributed by atoms with Gasteiger partial charge in [-0.05, 0) is 48.7 Å². The summed E-state index contributed by atoms with van der Waals surface area (Å²) in [5.41, 5.74) is 8.10. The molecule has 2 aromatic carbocycles. The van der Waals surface area contributed by atoms with Crippen LogP contribution in [0.1, 0.15) is 28.8 Å². The van der Waals surface area contributed by atoms with Gasteiger partial charge in [-0.2, -0.15) is 0 Å². The molecule has 3 rings (SSSR count). The first-order chi connectivity index (χ1) is 11.6. The molecule has 1 saturated heterocycles. The molecule has 0 aromatic heterocycles. The standard InChI is InChI=1S/C19H21BrN2O2/c20-16-6-4-15(5-7-16)19(8-10-24-11-9-19)13-22-18(23)14-2-1-3-17(21)12-14/h1-7,12H,8-11,13,21H2,(H,22,23). The van der Waals surface area contributed by atoms with Crippen LogP contribution in [-0.4, -0.2) is 25.7 Å². The minimum Gasteiger partial charge on any atom is -0.399 e. The lowest BCUT2D eigenvalue weighted by Crippen LogP contribution is -2.44.